The molecular formula is C24H32N2OS. The Bertz CT molecular complexity index is 695. The van der Waals surface area contributed by atoms with Gasteiger partial charge < -0.3 is 10.2 Å². The number of rotatable bonds is 8. The molecule has 4 heteroatoms. The summed E-state index contributed by atoms with van der Waals surface area (Å²) in [6.45, 7) is 6.59. The molecule has 1 aliphatic heterocycles. The van der Waals surface area contributed by atoms with Crippen LogP contribution in [-0.2, 0) is 4.79 Å². The van der Waals surface area contributed by atoms with Gasteiger partial charge in [-0.1, -0.05) is 74.5 Å². The molecule has 0 unspecified atom stereocenters. The van der Waals surface area contributed by atoms with Crippen LogP contribution < -0.4 is 5.32 Å². The molecule has 1 fully saturated rings. The number of carbonyl (C=O) groups is 1. The van der Waals surface area contributed by atoms with Gasteiger partial charge in [0, 0.05) is 43.3 Å². The van der Waals surface area contributed by atoms with E-state index in [1.807, 2.05) is 12.1 Å². The molecule has 1 aliphatic rings. The molecule has 0 radical (unpaired) electrons. The summed E-state index contributed by atoms with van der Waals surface area (Å²) in [4.78, 5) is 15.2. The lowest BCUT2D eigenvalue weighted by molar-refractivity contribution is -0.132. The van der Waals surface area contributed by atoms with Crippen molar-refractivity contribution in [3.05, 3.63) is 71.8 Å². The number of amides is 1. The fourth-order valence-electron chi connectivity index (χ4n) is 3.95. The topological polar surface area (TPSA) is 32.3 Å². The Kier molecular flexibility index (Phi) is 7.57. The largest absolute Gasteiger partial charge is 0.340 e. The summed E-state index contributed by atoms with van der Waals surface area (Å²) in [5, 5.41) is 3.91. The average molecular weight is 397 g/mol. The lowest BCUT2D eigenvalue weighted by Gasteiger charge is -2.31. The van der Waals surface area contributed by atoms with Gasteiger partial charge in [0.1, 0.15) is 0 Å². The quantitative estimate of drug-likeness (QED) is 0.650. The number of carbonyl (C=O) groups excluding carboxylic acids is 1. The summed E-state index contributed by atoms with van der Waals surface area (Å²) in [5.41, 5.74) is 2.50. The smallest absolute Gasteiger partial charge is 0.222 e. The fraction of sp³-hybridized carbons (Fsp3) is 0.458. The third kappa shape index (κ3) is 5.86. The van der Waals surface area contributed by atoms with Gasteiger partial charge in [-0.2, -0.15) is 12.6 Å². The number of benzene rings is 2. The summed E-state index contributed by atoms with van der Waals surface area (Å²) in [6.07, 6.45) is 1.60. The predicted octanol–water partition coefficient (Wildman–Crippen LogP) is 4.35. The van der Waals surface area contributed by atoms with Gasteiger partial charge in [0.15, 0.2) is 0 Å². The standard InChI is InChI=1S/C24H32N2OS/c1-18(2)13-24(27)26(16-21-14-22(28)15-25-21)17-23(19-9-5-3-6-10-19)20-11-7-4-8-12-20/h3-12,18,21-23,25,28H,13-17H2,1-2H3/t21-,22-/m0/s1. The first-order valence-corrected chi connectivity index (χ1v) is 10.8. The Morgan fingerprint density at radius 1 is 1.07 bits per heavy atom. The van der Waals surface area contributed by atoms with Crippen molar-refractivity contribution in [2.75, 3.05) is 19.6 Å². The molecule has 0 bridgehead atoms. The molecule has 2 atom stereocenters. The fourth-order valence-corrected chi connectivity index (χ4v) is 4.31. The maximum absolute atomic E-state index is 13.1. The molecular weight excluding hydrogens is 364 g/mol. The molecule has 2 aromatic carbocycles. The monoisotopic (exact) mass is 396 g/mol. The lowest BCUT2D eigenvalue weighted by Crippen LogP contribution is -2.43. The van der Waals surface area contributed by atoms with Crippen LogP contribution in [0.5, 0.6) is 0 Å². The van der Waals surface area contributed by atoms with Crippen molar-refractivity contribution in [2.45, 2.75) is 43.9 Å². The first-order chi connectivity index (χ1) is 13.5. The third-order valence-electron chi connectivity index (χ3n) is 5.38. The SMILES string of the molecule is CC(C)CC(=O)N(CC(c1ccccc1)c1ccccc1)C[C@@H]1C[C@H](S)CN1. The Balaban J connectivity index is 1.84. The van der Waals surface area contributed by atoms with Crippen LogP contribution in [-0.4, -0.2) is 41.7 Å². The van der Waals surface area contributed by atoms with E-state index in [1.165, 1.54) is 11.1 Å². The van der Waals surface area contributed by atoms with Gasteiger partial charge in [0.25, 0.3) is 0 Å². The highest BCUT2D eigenvalue weighted by atomic mass is 32.1. The molecule has 28 heavy (non-hydrogen) atoms. The predicted molar refractivity (Wildman–Crippen MR) is 120 cm³/mol. The molecule has 1 amide bonds. The summed E-state index contributed by atoms with van der Waals surface area (Å²) in [6, 6.07) is 21.4. The van der Waals surface area contributed by atoms with Crippen molar-refractivity contribution >= 4 is 18.5 Å². The van der Waals surface area contributed by atoms with Crippen molar-refractivity contribution in [2.24, 2.45) is 5.92 Å². The van der Waals surface area contributed by atoms with Crippen molar-refractivity contribution < 1.29 is 4.79 Å². The summed E-state index contributed by atoms with van der Waals surface area (Å²) in [5.74, 6) is 0.777. The van der Waals surface area contributed by atoms with E-state index >= 15 is 0 Å². The van der Waals surface area contributed by atoms with E-state index in [0.29, 0.717) is 30.2 Å². The summed E-state index contributed by atoms with van der Waals surface area (Å²) < 4.78 is 0. The minimum atomic E-state index is 0.173. The van der Waals surface area contributed by atoms with Crippen LogP contribution in [0.25, 0.3) is 0 Å². The van der Waals surface area contributed by atoms with Crippen LogP contribution in [0.4, 0.5) is 0 Å². The summed E-state index contributed by atoms with van der Waals surface area (Å²) >= 11 is 4.60. The number of thiol groups is 1. The van der Waals surface area contributed by atoms with Crippen LogP contribution in [0.2, 0.25) is 0 Å². The summed E-state index contributed by atoms with van der Waals surface area (Å²) in [7, 11) is 0. The van der Waals surface area contributed by atoms with Gasteiger partial charge in [-0.05, 0) is 23.5 Å². The van der Waals surface area contributed by atoms with Crippen LogP contribution >= 0.6 is 12.6 Å². The Hall–Kier alpha value is -1.78. The van der Waals surface area contributed by atoms with E-state index < -0.39 is 0 Å². The molecule has 1 heterocycles. The first kappa shape index (κ1) is 20.9. The molecule has 0 aromatic heterocycles. The first-order valence-electron chi connectivity index (χ1n) is 10.3. The average Bonchev–Trinajstić information content (AvgIpc) is 3.10. The van der Waals surface area contributed by atoms with Crippen LogP contribution in [0.3, 0.4) is 0 Å². The molecule has 3 rings (SSSR count). The molecule has 0 saturated carbocycles. The van der Waals surface area contributed by atoms with Crippen LogP contribution in [0.15, 0.2) is 60.7 Å². The van der Waals surface area contributed by atoms with E-state index in [0.717, 1.165) is 19.5 Å². The van der Waals surface area contributed by atoms with E-state index in [-0.39, 0.29) is 11.8 Å². The Labute approximate surface area is 174 Å². The van der Waals surface area contributed by atoms with Gasteiger partial charge in [-0.25, -0.2) is 0 Å². The van der Waals surface area contributed by atoms with Gasteiger partial charge >= 0.3 is 0 Å². The number of nitrogens with one attached hydrogen (secondary N) is 1. The maximum Gasteiger partial charge on any atom is 0.222 e. The molecule has 0 spiro atoms. The van der Waals surface area contributed by atoms with Gasteiger partial charge in [-0.15, -0.1) is 0 Å². The lowest BCUT2D eigenvalue weighted by atomic mass is 9.90. The zero-order valence-corrected chi connectivity index (χ0v) is 17.8. The Morgan fingerprint density at radius 3 is 2.11 bits per heavy atom. The van der Waals surface area contributed by atoms with Crippen molar-refractivity contribution in [3.8, 4) is 0 Å². The van der Waals surface area contributed by atoms with E-state index in [9.17, 15) is 4.79 Å². The second kappa shape index (κ2) is 10.1. The van der Waals surface area contributed by atoms with Crippen molar-refractivity contribution in [1.29, 1.82) is 0 Å². The molecule has 1 N–H and O–H groups in total. The molecule has 0 aliphatic carbocycles. The molecule has 2 aromatic rings. The van der Waals surface area contributed by atoms with Crippen LogP contribution in [0, 0.1) is 5.92 Å². The number of hydrogen-bond donors (Lipinski definition) is 2. The van der Waals surface area contributed by atoms with E-state index in [4.69, 9.17) is 0 Å². The highest BCUT2D eigenvalue weighted by molar-refractivity contribution is 7.81. The minimum Gasteiger partial charge on any atom is -0.340 e. The van der Waals surface area contributed by atoms with Crippen molar-refractivity contribution in [3.63, 3.8) is 0 Å². The zero-order chi connectivity index (χ0) is 19.9. The normalized spacial score (nSPS) is 19.3. The van der Waals surface area contributed by atoms with Gasteiger partial charge in [0.05, 0.1) is 0 Å². The highest BCUT2D eigenvalue weighted by Gasteiger charge is 2.28. The van der Waals surface area contributed by atoms with Gasteiger partial charge in [0.2, 0.25) is 5.91 Å². The highest BCUT2D eigenvalue weighted by Crippen LogP contribution is 2.27. The third-order valence-corrected chi connectivity index (χ3v) is 5.78. The van der Waals surface area contributed by atoms with E-state index in [2.05, 4.69) is 85.2 Å². The molecule has 1 saturated heterocycles. The maximum atomic E-state index is 13.1. The van der Waals surface area contributed by atoms with Crippen molar-refractivity contribution in [1.82, 2.24) is 10.2 Å². The Morgan fingerprint density at radius 2 is 1.64 bits per heavy atom. The molecule has 3 nitrogen and oxygen atoms in total. The number of hydrogen-bond acceptors (Lipinski definition) is 3. The minimum absolute atomic E-state index is 0.173. The number of nitrogens with zero attached hydrogens (tertiary/aromatic N) is 1. The zero-order valence-electron chi connectivity index (χ0n) is 16.9. The second-order valence-corrected chi connectivity index (χ2v) is 9.00. The second-order valence-electron chi connectivity index (χ2n) is 8.27. The van der Waals surface area contributed by atoms with Crippen LogP contribution in [0.1, 0.15) is 43.7 Å². The van der Waals surface area contributed by atoms with E-state index in [1.54, 1.807) is 0 Å². The van der Waals surface area contributed by atoms with Gasteiger partial charge in [-0.3, -0.25) is 4.79 Å². The molecule has 150 valence electrons.